The van der Waals surface area contributed by atoms with Crippen LogP contribution >= 0.6 is 0 Å². The van der Waals surface area contributed by atoms with E-state index < -0.39 is 35.5 Å². The van der Waals surface area contributed by atoms with Gasteiger partial charge < -0.3 is 15.3 Å². The molecule has 2 amide bonds. The van der Waals surface area contributed by atoms with Crippen LogP contribution in [-0.2, 0) is 14.4 Å². The zero-order valence-electron chi connectivity index (χ0n) is 11.0. The van der Waals surface area contributed by atoms with Crippen molar-refractivity contribution < 1.29 is 32.7 Å². The molecule has 0 aromatic rings. The summed E-state index contributed by atoms with van der Waals surface area (Å²) >= 11 is 0. The first-order chi connectivity index (χ1) is 9.00. The maximum absolute atomic E-state index is 12.5. The van der Waals surface area contributed by atoms with E-state index in [9.17, 15) is 27.6 Å². The molecule has 6 nitrogen and oxygen atoms in total. The molecular formula is C11H15F3N2O4. The number of carbonyl (C=O) groups is 3. The van der Waals surface area contributed by atoms with Gasteiger partial charge in [-0.25, -0.2) is 0 Å². The van der Waals surface area contributed by atoms with E-state index in [0.717, 1.165) is 0 Å². The predicted molar refractivity (Wildman–Crippen MR) is 60.6 cm³/mol. The molecule has 1 saturated heterocycles. The van der Waals surface area contributed by atoms with Crippen LogP contribution in [0.2, 0.25) is 0 Å². The van der Waals surface area contributed by atoms with E-state index >= 15 is 0 Å². The molecule has 2 atom stereocenters. The molecule has 1 aliphatic heterocycles. The molecular weight excluding hydrogens is 281 g/mol. The highest BCUT2D eigenvalue weighted by molar-refractivity contribution is 5.95. The summed E-state index contributed by atoms with van der Waals surface area (Å²) in [5.41, 5.74) is -1.68. The largest absolute Gasteiger partial charge is 0.480 e. The van der Waals surface area contributed by atoms with Crippen molar-refractivity contribution in [3.8, 4) is 0 Å². The average molecular weight is 296 g/mol. The Kier molecular flexibility index (Phi) is 4.30. The van der Waals surface area contributed by atoms with Crippen molar-refractivity contribution in [3.05, 3.63) is 0 Å². The zero-order valence-corrected chi connectivity index (χ0v) is 11.0. The van der Waals surface area contributed by atoms with Crippen molar-refractivity contribution in [1.29, 1.82) is 0 Å². The lowest BCUT2D eigenvalue weighted by Crippen LogP contribution is -2.59. The molecule has 1 rings (SSSR count). The Labute approximate surface area is 112 Å². The molecule has 2 N–H and O–H groups in total. The van der Waals surface area contributed by atoms with Crippen LogP contribution in [0.4, 0.5) is 13.2 Å². The third-order valence-corrected chi connectivity index (χ3v) is 3.34. The second-order valence-electron chi connectivity index (χ2n) is 4.87. The standard InChI is InChI=1S/C11H15F3N2O4/c1-6(7(17)18)15-8(19)10(2)4-3-5-16(10)9(20)11(12,13)14/h6H,3-5H2,1-2H3,(H,15,19)(H,17,18). The van der Waals surface area contributed by atoms with Crippen LogP contribution in [0.1, 0.15) is 26.7 Å². The zero-order chi connectivity index (χ0) is 15.7. The number of nitrogens with one attached hydrogen (secondary N) is 1. The van der Waals surface area contributed by atoms with Gasteiger partial charge in [-0.05, 0) is 26.7 Å². The number of halogens is 3. The number of alkyl halides is 3. The smallest absolute Gasteiger partial charge is 0.471 e. The second kappa shape index (κ2) is 5.29. The highest BCUT2D eigenvalue weighted by Crippen LogP contribution is 2.33. The first-order valence-electron chi connectivity index (χ1n) is 5.92. The molecule has 0 aromatic heterocycles. The third kappa shape index (κ3) is 3.02. The third-order valence-electron chi connectivity index (χ3n) is 3.34. The number of rotatable bonds is 3. The second-order valence-corrected chi connectivity index (χ2v) is 4.87. The number of hydrogen-bond donors (Lipinski definition) is 2. The summed E-state index contributed by atoms with van der Waals surface area (Å²) in [5, 5.41) is 10.8. The van der Waals surface area contributed by atoms with E-state index in [1.165, 1.54) is 13.8 Å². The molecule has 0 aliphatic carbocycles. The van der Waals surface area contributed by atoms with Gasteiger partial charge in [0.05, 0.1) is 0 Å². The average Bonchev–Trinajstić information content (AvgIpc) is 2.70. The lowest BCUT2D eigenvalue weighted by atomic mass is 9.97. The normalized spacial score (nSPS) is 24.4. The Balaban J connectivity index is 2.93. The van der Waals surface area contributed by atoms with E-state index in [1.807, 2.05) is 0 Å². The van der Waals surface area contributed by atoms with Crippen LogP contribution in [0.3, 0.4) is 0 Å². The number of hydrogen-bond acceptors (Lipinski definition) is 3. The van der Waals surface area contributed by atoms with E-state index in [4.69, 9.17) is 5.11 Å². The van der Waals surface area contributed by atoms with Gasteiger partial charge in [0.25, 0.3) is 0 Å². The van der Waals surface area contributed by atoms with Crippen molar-refractivity contribution in [2.45, 2.75) is 44.4 Å². The first-order valence-corrected chi connectivity index (χ1v) is 5.92. The SMILES string of the molecule is CC(NC(=O)C1(C)CCCN1C(=O)C(F)(F)F)C(=O)O. The molecule has 0 aromatic carbocycles. The van der Waals surface area contributed by atoms with E-state index in [1.54, 1.807) is 0 Å². The van der Waals surface area contributed by atoms with Crippen molar-refractivity contribution in [3.63, 3.8) is 0 Å². The van der Waals surface area contributed by atoms with Crippen LogP contribution < -0.4 is 5.32 Å². The van der Waals surface area contributed by atoms with Crippen LogP contribution in [0, 0.1) is 0 Å². The predicted octanol–water partition coefficient (Wildman–Crippen LogP) is 0.519. The van der Waals surface area contributed by atoms with E-state index in [0.29, 0.717) is 4.90 Å². The highest BCUT2D eigenvalue weighted by Gasteiger charge is 2.53. The molecule has 1 fully saturated rings. The van der Waals surface area contributed by atoms with Gasteiger partial charge in [-0.15, -0.1) is 0 Å². The topological polar surface area (TPSA) is 86.7 Å². The van der Waals surface area contributed by atoms with Crippen molar-refractivity contribution in [1.82, 2.24) is 10.2 Å². The van der Waals surface area contributed by atoms with Crippen LogP contribution in [0.5, 0.6) is 0 Å². The summed E-state index contributed by atoms with van der Waals surface area (Å²) < 4.78 is 37.4. The molecule has 1 heterocycles. The quantitative estimate of drug-likeness (QED) is 0.795. The van der Waals surface area contributed by atoms with Crippen LogP contribution in [0.15, 0.2) is 0 Å². The van der Waals surface area contributed by atoms with Crippen molar-refractivity contribution in [2.24, 2.45) is 0 Å². The summed E-state index contributed by atoms with van der Waals surface area (Å²) in [5.74, 6) is -4.30. The first kappa shape index (κ1) is 16.3. The molecule has 0 saturated carbocycles. The fourth-order valence-corrected chi connectivity index (χ4v) is 2.09. The minimum Gasteiger partial charge on any atom is -0.480 e. The van der Waals surface area contributed by atoms with Gasteiger partial charge in [0.15, 0.2) is 0 Å². The number of carboxylic acids is 1. The molecule has 0 radical (unpaired) electrons. The Bertz CT molecular complexity index is 438. The van der Waals surface area contributed by atoms with Crippen LogP contribution in [-0.4, -0.2) is 52.1 Å². The molecule has 20 heavy (non-hydrogen) atoms. The summed E-state index contributed by atoms with van der Waals surface area (Å²) in [7, 11) is 0. The monoisotopic (exact) mass is 296 g/mol. The number of carboxylic acid groups (broad SMARTS) is 1. The van der Waals surface area contributed by atoms with Gasteiger partial charge in [0.1, 0.15) is 11.6 Å². The molecule has 1 aliphatic rings. The lowest BCUT2D eigenvalue weighted by Gasteiger charge is -2.34. The van der Waals surface area contributed by atoms with E-state index in [2.05, 4.69) is 5.32 Å². The Morgan fingerprint density at radius 1 is 1.35 bits per heavy atom. The molecule has 0 spiro atoms. The summed E-state index contributed by atoms with van der Waals surface area (Å²) in [4.78, 5) is 34.4. The number of amides is 2. The van der Waals surface area contributed by atoms with Gasteiger partial charge in [-0.2, -0.15) is 13.2 Å². The summed E-state index contributed by atoms with van der Waals surface area (Å²) in [6.07, 6.45) is -4.77. The molecule has 9 heteroatoms. The van der Waals surface area contributed by atoms with Gasteiger partial charge in [-0.1, -0.05) is 0 Å². The minimum atomic E-state index is -5.07. The lowest BCUT2D eigenvalue weighted by molar-refractivity contribution is -0.190. The minimum absolute atomic E-state index is 0.0486. The molecule has 2 unspecified atom stereocenters. The van der Waals surface area contributed by atoms with Gasteiger partial charge in [-0.3, -0.25) is 14.4 Å². The van der Waals surface area contributed by atoms with Crippen molar-refractivity contribution in [2.75, 3.05) is 6.54 Å². The number of nitrogens with zero attached hydrogens (tertiary/aromatic N) is 1. The maximum atomic E-state index is 12.5. The number of aliphatic carboxylic acids is 1. The molecule has 0 bridgehead atoms. The van der Waals surface area contributed by atoms with Crippen molar-refractivity contribution >= 4 is 17.8 Å². The Hall–Kier alpha value is -1.80. The van der Waals surface area contributed by atoms with Gasteiger partial charge >= 0.3 is 18.1 Å². The maximum Gasteiger partial charge on any atom is 0.471 e. The van der Waals surface area contributed by atoms with Gasteiger partial charge in [0, 0.05) is 6.54 Å². The summed E-state index contributed by atoms with van der Waals surface area (Å²) in [6, 6.07) is -1.25. The Morgan fingerprint density at radius 2 is 1.90 bits per heavy atom. The number of likely N-dealkylation sites (tertiary alicyclic amines) is 1. The Morgan fingerprint density at radius 3 is 2.35 bits per heavy atom. The number of carbonyl (C=O) groups excluding carboxylic acids is 2. The fourth-order valence-electron chi connectivity index (χ4n) is 2.09. The van der Waals surface area contributed by atoms with Gasteiger partial charge in [0.2, 0.25) is 5.91 Å². The summed E-state index contributed by atoms with van der Waals surface area (Å²) in [6.45, 7) is 2.20. The highest BCUT2D eigenvalue weighted by atomic mass is 19.4. The fraction of sp³-hybridized carbons (Fsp3) is 0.727. The molecule has 114 valence electrons. The van der Waals surface area contributed by atoms with Crippen LogP contribution in [0.25, 0.3) is 0 Å². The van der Waals surface area contributed by atoms with E-state index in [-0.39, 0.29) is 19.4 Å².